The molecule has 1 aromatic carbocycles. The van der Waals surface area contributed by atoms with Crippen molar-refractivity contribution in [3.63, 3.8) is 0 Å². The second-order valence-electron chi connectivity index (χ2n) is 5.46. The van der Waals surface area contributed by atoms with E-state index >= 15 is 0 Å². The fraction of sp³-hybridized carbons (Fsp3) is 0.438. The first-order chi connectivity index (χ1) is 9.21. The summed E-state index contributed by atoms with van der Waals surface area (Å²) in [6.07, 6.45) is 6.07. The number of aromatic nitrogens is 1. The highest BCUT2D eigenvalue weighted by Gasteiger charge is 2.37. The minimum atomic E-state index is -0.610. The number of fused-ring (bicyclic) bond motifs is 1. The summed E-state index contributed by atoms with van der Waals surface area (Å²) in [6, 6.07) is 7.96. The maximum atomic E-state index is 10.7. The predicted octanol–water partition coefficient (Wildman–Crippen LogP) is 3.23. The van der Waals surface area contributed by atoms with Crippen LogP contribution in [0.25, 0.3) is 10.8 Å². The second kappa shape index (κ2) is 4.91. The van der Waals surface area contributed by atoms with Crippen LogP contribution in [-0.4, -0.2) is 22.3 Å². The van der Waals surface area contributed by atoms with Crippen LogP contribution in [0.4, 0.5) is 0 Å². The number of aliphatic hydroxyl groups excluding tert-OH is 1. The van der Waals surface area contributed by atoms with Gasteiger partial charge in [-0.25, -0.2) is 0 Å². The molecular weight excluding hydrogens is 238 g/mol. The van der Waals surface area contributed by atoms with E-state index < -0.39 is 11.7 Å². The normalized spacial score (nSPS) is 25.4. The molecule has 0 radical (unpaired) electrons. The van der Waals surface area contributed by atoms with E-state index in [1.807, 2.05) is 37.4 Å². The Hall–Kier alpha value is -1.45. The Morgan fingerprint density at radius 1 is 1.32 bits per heavy atom. The maximum absolute atomic E-state index is 10.7. The fourth-order valence-electron chi connectivity index (χ4n) is 2.88. The lowest BCUT2D eigenvalue weighted by molar-refractivity contribution is -0.137. The van der Waals surface area contributed by atoms with E-state index in [9.17, 15) is 5.11 Å². The monoisotopic (exact) mass is 257 g/mol. The van der Waals surface area contributed by atoms with Crippen molar-refractivity contribution in [3.05, 3.63) is 42.2 Å². The van der Waals surface area contributed by atoms with Crippen molar-refractivity contribution >= 4 is 10.8 Å². The van der Waals surface area contributed by atoms with Gasteiger partial charge in [-0.1, -0.05) is 18.2 Å². The largest absolute Gasteiger partial charge is 0.385 e. The molecule has 0 bridgehead atoms. The van der Waals surface area contributed by atoms with Crippen LogP contribution in [0.2, 0.25) is 0 Å². The number of pyridine rings is 1. The number of hydrogen-bond donors (Lipinski definition) is 1. The van der Waals surface area contributed by atoms with Gasteiger partial charge in [-0.15, -0.1) is 0 Å². The lowest BCUT2D eigenvalue weighted by atomic mass is 9.85. The van der Waals surface area contributed by atoms with E-state index in [4.69, 9.17) is 4.74 Å². The third-order valence-corrected chi connectivity index (χ3v) is 4.09. The van der Waals surface area contributed by atoms with Crippen LogP contribution in [0.3, 0.4) is 0 Å². The molecule has 2 aromatic rings. The average molecular weight is 257 g/mol. The van der Waals surface area contributed by atoms with Gasteiger partial charge in [0.05, 0.1) is 5.60 Å². The molecular formula is C16H19NO2. The summed E-state index contributed by atoms with van der Waals surface area (Å²) in [6.45, 7) is 2.74. The molecule has 2 unspecified atom stereocenters. The highest BCUT2D eigenvalue weighted by atomic mass is 16.5. The molecule has 3 nitrogen and oxygen atoms in total. The molecule has 0 saturated carbocycles. The molecule has 2 atom stereocenters. The molecule has 0 aliphatic carbocycles. The summed E-state index contributed by atoms with van der Waals surface area (Å²) >= 11 is 0. The zero-order valence-corrected chi connectivity index (χ0v) is 11.2. The van der Waals surface area contributed by atoms with Gasteiger partial charge in [0.15, 0.2) is 0 Å². The van der Waals surface area contributed by atoms with Crippen LogP contribution in [-0.2, 0) is 4.74 Å². The van der Waals surface area contributed by atoms with Crippen molar-refractivity contribution in [1.82, 2.24) is 4.98 Å². The third-order valence-electron chi connectivity index (χ3n) is 4.09. The van der Waals surface area contributed by atoms with Crippen LogP contribution >= 0.6 is 0 Å². The van der Waals surface area contributed by atoms with Gasteiger partial charge in [0, 0.05) is 24.4 Å². The van der Waals surface area contributed by atoms with Crippen molar-refractivity contribution in [2.24, 2.45) is 0 Å². The lowest BCUT2D eigenvalue weighted by Crippen LogP contribution is -2.39. The number of ether oxygens (including phenoxy) is 1. The molecule has 0 spiro atoms. The summed E-state index contributed by atoms with van der Waals surface area (Å²) in [5.41, 5.74) is 0.428. The molecule has 3 rings (SSSR count). The minimum Gasteiger partial charge on any atom is -0.385 e. The molecule has 19 heavy (non-hydrogen) atoms. The van der Waals surface area contributed by atoms with E-state index in [1.165, 1.54) is 0 Å². The number of benzene rings is 1. The Morgan fingerprint density at radius 2 is 2.21 bits per heavy atom. The van der Waals surface area contributed by atoms with Gasteiger partial charge in [-0.3, -0.25) is 4.98 Å². The van der Waals surface area contributed by atoms with Crippen molar-refractivity contribution in [3.8, 4) is 0 Å². The summed E-state index contributed by atoms with van der Waals surface area (Å²) in [5, 5.41) is 12.9. The molecule has 1 aliphatic heterocycles. The predicted molar refractivity (Wildman–Crippen MR) is 74.9 cm³/mol. The first-order valence-corrected chi connectivity index (χ1v) is 6.85. The topological polar surface area (TPSA) is 42.4 Å². The van der Waals surface area contributed by atoms with Crippen molar-refractivity contribution in [2.45, 2.75) is 37.9 Å². The Bertz CT molecular complexity index is 570. The molecule has 1 aliphatic rings. The molecule has 100 valence electrons. The highest BCUT2D eigenvalue weighted by Crippen LogP contribution is 2.38. The van der Waals surface area contributed by atoms with Crippen LogP contribution in [0.1, 0.15) is 37.9 Å². The summed E-state index contributed by atoms with van der Waals surface area (Å²) < 4.78 is 5.86. The highest BCUT2D eigenvalue weighted by molar-refractivity contribution is 5.85. The van der Waals surface area contributed by atoms with Crippen molar-refractivity contribution in [2.75, 3.05) is 6.61 Å². The zero-order valence-electron chi connectivity index (χ0n) is 11.2. The molecule has 3 heteroatoms. The zero-order chi connectivity index (χ0) is 13.3. The van der Waals surface area contributed by atoms with Gasteiger partial charge in [-0.05, 0) is 43.2 Å². The molecule has 1 aromatic heterocycles. The Kier molecular flexibility index (Phi) is 3.25. The third kappa shape index (κ3) is 2.24. The van der Waals surface area contributed by atoms with Gasteiger partial charge in [0.25, 0.3) is 0 Å². The molecule has 1 saturated heterocycles. The lowest BCUT2D eigenvalue weighted by Gasteiger charge is -2.38. The summed E-state index contributed by atoms with van der Waals surface area (Å²) in [4.78, 5) is 4.17. The minimum absolute atomic E-state index is 0.484. The van der Waals surface area contributed by atoms with Gasteiger partial charge in [0.2, 0.25) is 0 Å². The van der Waals surface area contributed by atoms with Gasteiger partial charge >= 0.3 is 0 Å². The fourth-order valence-corrected chi connectivity index (χ4v) is 2.88. The molecule has 0 amide bonds. The molecule has 2 heterocycles. The first kappa shape index (κ1) is 12.6. The van der Waals surface area contributed by atoms with E-state index in [2.05, 4.69) is 4.98 Å². The van der Waals surface area contributed by atoms with E-state index in [1.54, 1.807) is 6.20 Å². The van der Waals surface area contributed by atoms with Crippen LogP contribution in [0, 0.1) is 0 Å². The van der Waals surface area contributed by atoms with E-state index in [0.29, 0.717) is 0 Å². The van der Waals surface area contributed by atoms with Gasteiger partial charge < -0.3 is 9.84 Å². The second-order valence-corrected chi connectivity index (χ2v) is 5.46. The maximum Gasteiger partial charge on any atom is 0.108 e. The van der Waals surface area contributed by atoms with Crippen LogP contribution < -0.4 is 0 Å². The van der Waals surface area contributed by atoms with Crippen molar-refractivity contribution in [1.29, 1.82) is 0 Å². The number of nitrogens with zero attached hydrogens (tertiary/aromatic N) is 1. The smallest absolute Gasteiger partial charge is 0.108 e. The molecule has 1 fully saturated rings. The van der Waals surface area contributed by atoms with Crippen LogP contribution in [0.15, 0.2) is 36.7 Å². The summed E-state index contributed by atoms with van der Waals surface area (Å²) in [7, 11) is 0. The first-order valence-electron chi connectivity index (χ1n) is 6.85. The molecule has 1 N–H and O–H groups in total. The van der Waals surface area contributed by atoms with Gasteiger partial charge in [0.1, 0.15) is 6.10 Å². The number of aliphatic hydroxyl groups is 1. The number of rotatable bonds is 2. The van der Waals surface area contributed by atoms with E-state index in [-0.39, 0.29) is 0 Å². The Morgan fingerprint density at radius 3 is 3.00 bits per heavy atom. The standard InChI is InChI=1S/C16H19NO2/c1-16(8-2-3-10-19-16)15(18)13-6-4-5-12-7-9-17-11-14(12)13/h4-7,9,11,15,18H,2-3,8,10H2,1H3. The van der Waals surface area contributed by atoms with Gasteiger partial charge in [-0.2, -0.15) is 0 Å². The average Bonchev–Trinajstić information content (AvgIpc) is 2.47. The van der Waals surface area contributed by atoms with Crippen LogP contribution in [0.5, 0.6) is 0 Å². The SMILES string of the molecule is CC1(C(O)c2cccc3ccncc23)CCCCO1. The van der Waals surface area contributed by atoms with E-state index in [0.717, 1.165) is 42.2 Å². The summed E-state index contributed by atoms with van der Waals surface area (Å²) in [5.74, 6) is 0. The quantitative estimate of drug-likeness (QED) is 0.898. The Labute approximate surface area is 113 Å². The van der Waals surface area contributed by atoms with Crippen molar-refractivity contribution < 1.29 is 9.84 Å². The number of hydrogen-bond acceptors (Lipinski definition) is 3. The Balaban J connectivity index is 2.03.